The van der Waals surface area contributed by atoms with E-state index in [2.05, 4.69) is 11.4 Å². The Morgan fingerprint density at radius 2 is 2.31 bits per heavy atom. The highest BCUT2D eigenvalue weighted by molar-refractivity contribution is 5.57. The van der Waals surface area contributed by atoms with Crippen molar-refractivity contribution in [1.29, 1.82) is 0 Å². The van der Waals surface area contributed by atoms with Crippen molar-refractivity contribution in [1.82, 2.24) is 5.32 Å². The van der Waals surface area contributed by atoms with Crippen LogP contribution in [-0.4, -0.2) is 13.8 Å². The largest absolute Gasteiger partial charge is 0.454 e. The monoisotopic (exact) mass is 177 g/mol. The summed E-state index contributed by atoms with van der Waals surface area (Å²) in [7, 11) is 1.98. The highest BCUT2D eigenvalue weighted by atomic mass is 16.7. The minimum absolute atomic E-state index is 0.363. The fraction of sp³-hybridized carbons (Fsp3) is 0.400. The van der Waals surface area contributed by atoms with Gasteiger partial charge in [-0.1, -0.05) is 6.07 Å². The van der Waals surface area contributed by atoms with E-state index in [9.17, 15) is 0 Å². The third-order valence-corrected chi connectivity index (χ3v) is 2.79. The molecule has 1 aliphatic heterocycles. The van der Waals surface area contributed by atoms with Gasteiger partial charge in [-0.15, -0.1) is 0 Å². The van der Waals surface area contributed by atoms with Crippen molar-refractivity contribution in [2.24, 2.45) is 0 Å². The van der Waals surface area contributed by atoms with Gasteiger partial charge in [0.1, 0.15) is 0 Å². The van der Waals surface area contributed by atoms with E-state index in [1.54, 1.807) is 0 Å². The minimum atomic E-state index is 0.363. The Hall–Kier alpha value is -1.22. The molecule has 0 fully saturated rings. The fourth-order valence-electron chi connectivity index (χ4n) is 2.03. The molecule has 0 saturated heterocycles. The van der Waals surface area contributed by atoms with Crippen LogP contribution >= 0.6 is 0 Å². The summed E-state index contributed by atoms with van der Waals surface area (Å²) in [5.41, 5.74) is 2.67. The normalized spacial score (nSPS) is 22.4. The molecule has 68 valence electrons. The molecule has 1 N–H and O–H groups in total. The van der Waals surface area contributed by atoms with E-state index in [1.807, 2.05) is 13.1 Å². The van der Waals surface area contributed by atoms with Crippen molar-refractivity contribution >= 4 is 0 Å². The molecule has 1 heterocycles. The first-order valence-electron chi connectivity index (χ1n) is 4.49. The average molecular weight is 177 g/mol. The molecule has 0 amide bonds. The van der Waals surface area contributed by atoms with Crippen LogP contribution in [0.2, 0.25) is 0 Å². The van der Waals surface area contributed by atoms with E-state index in [1.165, 1.54) is 11.1 Å². The van der Waals surface area contributed by atoms with Crippen LogP contribution in [-0.2, 0) is 6.42 Å². The third-order valence-electron chi connectivity index (χ3n) is 2.79. The van der Waals surface area contributed by atoms with Crippen molar-refractivity contribution < 1.29 is 9.47 Å². The van der Waals surface area contributed by atoms with Gasteiger partial charge in [-0.25, -0.2) is 0 Å². The first-order valence-corrected chi connectivity index (χ1v) is 4.49. The van der Waals surface area contributed by atoms with Crippen LogP contribution in [0.15, 0.2) is 12.1 Å². The molecule has 1 aliphatic carbocycles. The minimum Gasteiger partial charge on any atom is -0.454 e. The molecule has 1 aromatic carbocycles. The van der Waals surface area contributed by atoms with Crippen molar-refractivity contribution in [2.45, 2.75) is 12.5 Å². The summed E-state index contributed by atoms with van der Waals surface area (Å²) >= 11 is 0. The van der Waals surface area contributed by atoms with E-state index in [0.717, 1.165) is 17.9 Å². The third kappa shape index (κ3) is 0.823. The molecular weight excluding hydrogens is 166 g/mol. The number of hydrogen-bond donors (Lipinski definition) is 1. The summed E-state index contributed by atoms with van der Waals surface area (Å²) in [6.45, 7) is 0.363. The lowest BCUT2D eigenvalue weighted by Gasteiger charge is -2.30. The van der Waals surface area contributed by atoms with Crippen molar-refractivity contribution in [3.63, 3.8) is 0 Å². The van der Waals surface area contributed by atoms with E-state index < -0.39 is 0 Å². The molecule has 0 spiro atoms. The zero-order valence-electron chi connectivity index (χ0n) is 7.46. The lowest BCUT2D eigenvalue weighted by atomic mass is 9.82. The van der Waals surface area contributed by atoms with Crippen LogP contribution in [0.25, 0.3) is 0 Å². The Morgan fingerprint density at radius 1 is 1.38 bits per heavy atom. The van der Waals surface area contributed by atoms with Gasteiger partial charge in [0, 0.05) is 11.6 Å². The molecule has 3 rings (SSSR count). The second-order valence-corrected chi connectivity index (χ2v) is 3.42. The van der Waals surface area contributed by atoms with Gasteiger partial charge in [0.05, 0.1) is 0 Å². The van der Waals surface area contributed by atoms with Gasteiger partial charge in [0.25, 0.3) is 0 Å². The summed E-state index contributed by atoms with van der Waals surface area (Å²) in [6.07, 6.45) is 1.10. The molecule has 1 atom stereocenters. The van der Waals surface area contributed by atoms with Gasteiger partial charge in [0.2, 0.25) is 6.79 Å². The van der Waals surface area contributed by atoms with Crippen molar-refractivity contribution in [3.8, 4) is 11.5 Å². The number of benzene rings is 1. The zero-order valence-corrected chi connectivity index (χ0v) is 7.46. The maximum atomic E-state index is 5.43. The smallest absolute Gasteiger partial charge is 0.231 e. The molecule has 3 heteroatoms. The lowest BCUT2D eigenvalue weighted by molar-refractivity contribution is 0.172. The Bertz CT molecular complexity index is 362. The maximum Gasteiger partial charge on any atom is 0.231 e. The lowest BCUT2D eigenvalue weighted by Crippen LogP contribution is -2.28. The molecule has 2 aliphatic rings. The predicted molar refractivity (Wildman–Crippen MR) is 48.1 cm³/mol. The molecule has 0 aromatic heterocycles. The first-order chi connectivity index (χ1) is 6.40. The summed E-state index contributed by atoms with van der Waals surface area (Å²) in [5.74, 6) is 1.84. The SMILES string of the molecule is CNC1Cc2ccc3c(c21)OCO3. The highest BCUT2D eigenvalue weighted by Gasteiger charge is 2.32. The average Bonchev–Trinajstić information content (AvgIpc) is 2.52. The fourth-order valence-corrected chi connectivity index (χ4v) is 2.03. The summed E-state index contributed by atoms with van der Waals surface area (Å²) in [4.78, 5) is 0. The quantitative estimate of drug-likeness (QED) is 0.700. The molecular formula is C10H11NO2. The number of ether oxygens (including phenoxy) is 2. The Labute approximate surface area is 76.7 Å². The number of nitrogens with one attached hydrogen (secondary N) is 1. The molecule has 13 heavy (non-hydrogen) atoms. The summed E-state index contributed by atoms with van der Waals surface area (Å²) in [5, 5.41) is 3.25. The summed E-state index contributed by atoms with van der Waals surface area (Å²) in [6, 6.07) is 4.57. The van der Waals surface area contributed by atoms with Gasteiger partial charge in [-0.05, 0) is 25.1 Å². The standard InChI is InChI=1S/C10H11NO2/c1-11-7-4-6-2-3-8-10(9(6)7)13-5-12-8/h2-3,7,11H,4-5H2,1H3. The van der Waals surface area contributed by atoms with Crippen molar-refractivity contribution in [2.75, 3.05) is 13.8 Å². The number of hydrogen-bond acceptors (Lipinski definition) is 3. The van der Waals surface area contributed by atoms with E-state index in [4.69, 9.17) is 9.47 Å². The zero-order chi connectivity index (χ0) is 8.84. The van der Waals surface area contributed by atoms with Gasteiger partial charge >= 0.3 is 0 Å². The van der Waals surface area contributed by atoms with E-state index in [0.29, 0.717) is 12.8 Å². The molecule has 0 radical (unpaired) electrons. The molecule has 0 saturated carbocycles. The molecule has 1 unspecified atom stereocenters. The van der Waals surface area contributed by atoms with Crippen LogP contribution in [0.5, 0.6) is 11.5 Å². The van der Waals surface area contributed by atoms with Crippen LogP contribution in [0.3, 0.4) is 0 Å². The van der Waals surface area contributed by atoms with Gasteiger partial charge < -0.3 is 14.8 Å². The number of fused-ring (bicyclic) bond motifs is 3. The van der Waals surface area contributed by atoms with Crippen LogP contribution < -0.4 is 14.8 Å². The van der Waals surface area contributed by atoms with Gasteiger partial charge in [-0.2, -0.15) is 0 Å². The van der Waals surface area contributed by atoms with E-state index >= 15 is 0 Å². The van der Waals surface area contributed by atoms with E-state index in [-0.39, 0.29) is 0 Å². The number of rotatable bonds is 1. The number of likely N-dealkylation sites (N-methyl/N-ethyl adjacent to an activating group) is 1. The van der Waals surface area contributed by atoms with Crippen LogP contribution in [0.1, 0.15) is 17.2 Å². The molecule has 1 aromatic rings. The van der Waals surface area contributed by atoms with Crippen LogP contribution in [0.4, 0.5) is 0 Å². The molecule has 3 nitrogen and oxygen atoms in total. The highest BCUT2D eigenvalue weighted by Crippen LogP contribution is 2.47. The van der Waals surface area contributed by atoms with Crippen LogP contribution in [0, 0.1) is 0 Å². The Morgan fingerprint density at radius 3 is 3.15 bits per heavy atom. The van der Waals surface area contributed by atoms with Gasteiger partial charge in [0.15, 0.2) is 11.5 Å². The first kappa shape index (κ1) is 7.21. The Balaban J connectivity index is 2.13. The van der Waals surface area contributed by atoms with Gasteiger partial charge in [-0.3, -0.25) is 0 Å². The summed E-state index contributed by atoms with van der Waals surface area (Å²) < 4.78 is 10.7. The van der Waals surface area contributed by atoms with Crippen molar-refractivity contribution in [3.05, 3.63) is 23.3 Å². The Kier molecular flexibility index (Phi) is 1.32. The second kappa shape index (κ2) is 2.39. The topological polar surface area (TPSA) is 30.5 Å². The molecule has 0 bridgehead atoms. The predicted octanol–water partition coefficient (Wildman–Crippen LogP) is 1.23. The second-order valence-electron chi connectivity index (χ2n) is 3.42. The maximum absolute atomic E-state index is 5.43.